The fourth-order valence-corrected chi connectivity index (χ4v) is 3.91. The lowest BCUT2D eigenvalue weighted by Crippen LogP contribution is -2.47. The summed E-state index contributed by atoms with van der Waals surface area (Å²) in [4.78, 5) is 30.7. The second-order valence-electron chi connectivity index (χ2n) is 7.83. The maximum atomic E-state index is 13.3. The number of rotatable bonds is 8. The molecule has 0 aliphatic rings. The van der Waals surface area contributed by atoms with Crippen LogP contribution in [0.2, 0.25) is 0 Å². The lowest BCUT2D eigenvalue weighted by Gasteiger charge is -2.30. The average molecular weight is 436 g/mol. The van der Waals surface area contributed by atoms with Crippen LogP contribution >= 0.6 is 11.3 Å². The number of hydrogen-bond donors (Lipinski definition) is 1. The Hall–Kier alpha value is -3.12. The topological polar surface area (TPSA) is 52.7 Å². The van der Waals surface area contributed by atoms with E-state index < -0.39 is 0 Å². The van der Waals surface area contributed by atoms with Crippen molar-refractivity contribution < 1.29 is 9.59 Å². The van der Waals surface area contributed by atoms with Crippen LogP contribution in [0.1, 0.15) is 29.9 Å². The van der Waals surface area contributed by atoms with E-state index in [0.29, 0.717) is 18.8 Å². The third kappa shape index (κ3) is 6.69. The Morgan fingerprint density at radius 1 is 0.935 bits per heavy atom. The van der Waals surface area contributed by atoms with Crippen LogP contribution in [-0.2, 0) is 17.9 Å². The first-order valence-corrected chi connectivity index (χ1v) is 11.3. The number of hydrogen-bond acceptors (Lipinski definition) is 3. The third-order valence-corrected chi connectivity index (χ3v) is 5.85. The number of nitrogens with one attached hydrogen (secondary N) is 1. The van der Waals surface area contributed by atoms with E-state index in [0.717, 1.165) is 16.0 Å². The highest BCUT2D eigenvalue weighted by Gasteiger charge is 2.24. The quantitative estimate of drug-likeness (QED) is 0.506. The van der Waals surface area contributed by atoms with E-state index in [4.69, 9.17) is 0 Å². The van der Waals surface area contributed by atoms with Gasteiger partial charge in [0.25, 0.3) is 0 Å². The molecule has 1 heterocycles. The minimum atomic E-state index is -0.275. The van der Waals surface area contributed by atoms with Crippen molar-refractivity contribution >= 4 is 29.0 Å². The number of amides is 3. The second kappa shape index (κ2) is 10.8. The summed E-state index contributed by atoms with van der Waals surface area (Å²) in [5.74, 6) is -0.0787. The van der Waals surface area contributed by atoms with Gasteiger partial charge in [-0.15, -0.1) is 11.3 Å². The van der Waals surface area contributed by atoms with Gasteiger partial charge in [-0.2, -0.15) is 0 Å². The first-order valence-electron chi connectivity index (χ1n) is 10.4. The Balaban J connectivity index is 1.73. The Morgan fingerprint density at radius 3 is 2.26 bits per heavy atom. The molecule has 31 heavy (non-hydrogen) atoms. The van der Waals surface area contributed by atoms with Crippen LogP contribution in [0.4, 0.5) is 10.5 Å². The van der Waals surface area contributed by atoms with Crippen molar-refractivity contribution in [2.24, 2.45) is 0 Å². The average Bonchev–Trinajstić information content (AvgIpc) is 3.26. The molecule has 162 valence electrons. The number of thiophene rings is 1. The summed E-state index contributed by atoms with van der Waals surface area (Å²) in [7, 11) is 0. The van der Waals surface area contributed by atoms with E-state index in [2.05, 4.69) is 5.32 Å². The molecule has 3 amide bonds. The fourth-order valence-electron chi connectivity index (χ4n) is 3.19. The van der Waals surface area contributed by atoms with Crippen LogP contribution in [0.5, 0.6) is 0 Å². The Bertz CT molecular complexity index is 970. The largest absolute Gasteiger partial charge is 0.332 e. The van der Waals surface area contributed by atoms with Gasteiger partial charge in [-0.05, 0) is 49.9 Å². The van der Waals surface area contributed by atoms with Gasteiger partial charge in [0, 0.05) is 23.2 Å². The van der Waals surface area contributed by atoms with Crippen molar-refractivity contribution in [3.8, 4) is 0 Å². The molecule has 0 spiro atoms. The Morgan fingerprint density at radius 2 is 1.65 bits per heavy atom. The summed E-state index contributed by atoms with van der Waals surface area (Å²) in [5, 5.41) is 4.92. The molecule has 1 aromatic heterocycles. The van der Waals surface area contributed by atoms with E-state index in [-0.39, 0.29) is 24.5 Å². The highest BCUT2D eigenvalue weighted by atomic mass is 32.1. The summed E-state index contributed by atoms with van der Waals surface area (Å²) >= 11 is 1.63. The molecule has 0 unspecified atom stereocenters. The molecule has 0 aliphatic carbocycles. The van der Waals surface area contributed by atoms with Gasteiger partial charge in [-0.3, -0.25) is 4.79 Å². The molecule has 0 saturated carbocycles. The van der Waals surface area contributed by atoms with Gasteiger partial charge in [0.15, 0.2) is 0 Å². The molecule has 1 N–H and O–H groups in total. The van der Waals surface area contributed by atoms with Crippen molar-refractivity contribution in [1.29, 1.82) is 0 Å². The summed E-state index contributed by atoms with van der Waals surface area (Å²) in [5.41, 5.74) is 2.90. The van der Waals surface area contributed by atoms with Crippen LogP contribution in [0, 0.1) is 6.92 Å². The number of carbonyl (C=O) groups is 2. The molecule has 2 aromatic carbocycles. The molecular formula is C25H29N3O2S. The second-order valence-corrected chi connectivity index (χ2v) is 8.86. The van der Waals surface area contributed by atoms with Crippen molar-refractivity contribution in [3.63, 3.8) is 0 Å². The van der Waals surface area contributed by atoms with E-state index in [1.807, 2.05) is 97.8 Å². The predicted octanol–water partition coefficient (Wildman–Crippen LogP) is 5.53. The summed E-state index contributed by atoms with van der Waals surface area (Å²) < 4.78 is 0. The maximum Gasteiger partial charge on any atom is 0.322 e. The van der Waals surface area contributed by atoms with Crippen molar-refractivity contribution in [2.75, 3.05) is 11.9 Å². The van der Waals surface area contributed by atoms with E-state index in [1.165, 1.54) is 0 Å². The van der Waals surface area contributed by atoms with E-state index in [1.54, 1.807) is 16.2 Å². The van der Waals surface area contributed by atoms with Gasteiger partial charge in [0.05, 0.1) is 6.54 Å². The van der Waals surface area contributed by atoms with Crippen LogP contribution in [0.15, 0.2) is 72.1 Å². The molecule has 3 aromatic rings. The molecule has 5 nitrogen and oxygen atoms in total. The van der Waals surface area contributed by atoms with Gasteiger partial charge in [0.2, 0.25) is 5.91 Å². The first kappa shape index (κ1) is 22.6. The SMILES string of the molecule is Cc1ccc(NC(=O)N(CC(=O)N(Cc2ccccc2)Cc2cccs2)C(C)C)cc1. The van der Waals surface area contributed by atoms with Crippen LogP contribution in [0.3, 0.4) is 0 Å². The molecule has 3 rings (SSSR count). The Labute approximate surface area is 188 Å². The summed E-state index contributed by atoms with van der Waals surface area (Å²) in [6.45, 7) is 6.89. The number of benzene rings is 2. The van der Waals surface area contributed by atoms with Gasteiger partial charge < -0.3 is 15.1 Å². The van der Waals surface area contributed by atoms with Gasteiger partial charge in [-0.25, -0.2) is 4.79 Å². The number of aryl methyl sites for hydroxylation is 1. The van der Waals surface area contributed by atoms with Crippen LogP contribution in [0.25, 0.3) is 0 Å². The Kier molecular flexibility index (Phi) is 7.84. The lowest BCUT2D eigenvalue weighted by molar-refractivity contribution is -0.133. The molecule has 0 bridgehead atoms. The van der Waals surface area contributed by atoms with Crippen LogP contribution < -0.4 is 5.32 Å². The minimum absolute atomic E-state index is 0.0214. The zero-order valence-electron chi connectivity index (χ0n) is 18.2. The van der Waals surface area contributed by atoms with Gasteiger partial charge in [0.1, 0.15) is 6.54 Å². The predicted molar refractivity (Wildman–Crippen MR) is 127 cm³/mol. The van der Waals surface area contributed by atoms with Crippen LogP contribution in [-0.4, -0.2) is 34.3 Å². The zero-order chi connectivity index (χ0) is 22.2. The first-order chi connectivity index (χ1) is 14.9. The smallest absolute Gasteiger partial charge is 0.322 e. The van der Waals surface area contributed by atoms with E-state index in [9.17, 15) is 9.59 Å². The summed E-state index contributed by atoms with van der Waals surface area (Å²) in [6.07, 6.45) is 0. The summed E-state index contributed by atoms with van der Waals surface area (Å²) in [6, 6.07) is 21.2. The zero-order valence-corrected chi connectivity index (χ0v) is 19.1. The molecule has 0 atom stereocenters. The fraction of sp³-hybridized carbons (Fsp3) is 0.280. The number of nitrogens with zero attached hydrogens (tertiary/aromatic N) is 2. The number of anilines is 1. The van der Waals surface area contributed by atoms with Crippen molar-refractivity contribution in [3.05, 3.63) is 88.1 Å². The molecule has 0 radical (unpaired) electrons. The van der Waals surface area contributed by atoms with Crippen molar-refractivity contribution in [2.45, 2.75) is 39.9 Å². The van der Waals surface area contributed by atoms with Gasteiger partial charge in [-0.1, -0.05) is 54.1 Å². The highest BCUT2D eigenvalue weighted by Crippen LogP contribution is 2.16. The minimum Gasteiger partial charge on any atom is -0.332 e. The molecule has 0 saturated heterocycles. The normalized spacial score (nSPS) is 10.7. The molecular weight excluding hydrogens is 406 g/mol. The number of urea groups is 1. The molecule has 0 fully saturated rings. The molecule has 6 heteroatoms. The lowest BCUT2D eigenvalue weighted by atomic mass is 10.2. The van der Waals surface area contributed by atoms with E-state index >= 15 is 0 Å². The monoisotopic (exact) mass is 435 g/mol. The molecule has 0 aliphatic heterocycles. The van der Waals surface area contributed by atoms with Gasteiger partial charge >= 0.3 is 6.03 Å². The highest BCUT2D eigenvalue weighted by molar-refractivity contribution is 7.09. The van der Waals surface area contributed by atoms with Crippen molar-refractivity contribution in [1.82, 2.24) is 9.80 Å². The third-order valence-electron chi connectivity index (χ3n) is 4.99. The standard InChI is InChI=1S/C25H29N3O2S/c1-19(2)28(25(30)26-22-13-11-20(3)12-14-22)18-24(29)27(17-23-10-7-15-31-23)16-21-8-5-4-6-9-21/h4-15,19H,16-18H2,1-3H3,(H,26,30). The number of carbonyl (C=O) groups excluding carboxylic acids is 2. The maximum absolute atomic E-state index is 13.3.